The van der Waals surface area contributed by atoms with Gasteiger partial charge in [0.25, 0.3) is 5.91 Å². The number of carboxylic acid groups (broad SMARTS) is 1. The first-order valence-corrected chi connectivity index (χ1v) is 7.24. The van der Waals surface area contributed by atoms with Crippen molar-refractivity contribution in [3.05, 3.63) is 29.2 Å². The monoisotopic (exact) mass is 337 g/mol. The van der Waals surface area contributed by atoms with Gasteiger partial charge in [-0.2, -0.15) is 0 Å². The molecule has 22 heavy (non-hydrogen) atoms. The van der Waals surface area contributed by atoms with E-state index in [0.29, 0.717) is 14.9 Å². The average molecular weight is 338 g/mol. The largest absolute Gasteiger partial charge is 0.504 e. The van der Waals surface area contributed by atoms with E-state index in [0.717, 1.165) is 5.39 Å². The van der Waals surface area contributed by atoms with Gasteiger partial charge in [0.15, 0.2) is 11.4 Å². The minimum absolute atomic E-state index is 0.0486. The number of hydrogen-bond donors (Lipinski definition) is 3. The van der Waals surface area contributed by atoms with Gasteiger partial charge in [0.05, 0.1) is 4.70 Å². The van der Waals surface area contributed by atoms with Gasteiger partial charge in [-0.25, -0.2) is 9.97 Å². The van der Waals surface area contributed by atoms with Crippen LogP contribution in [-0.4, -0.2) is 38.6 Å². The zero-order valence-electron chi connectivity index (χ0n) is 10.8. The van der Waals surface area contributed by atoms with Crippen LogP contribution in [0.3, 0.4) is 0 Å². The smallest absolute Gasteiger partial charge is 0.322 e. The van der Waals surface area contributed by atoms with E-state index in [1.807, 2.05) is 0 Å². The molecule has 0 unspecified atom stereocenters. The van der Waals surface area contributed by atoms with Gasteiger partial charge in [-0.1, -0.05) is 11.6 Å². The Morgan fingerprint density at radius 1 is 1.41 bits per heavy atom. The molecule has 3 heterocycles. The van der Waals surface area contributed by atoms with Gasteiger partial charge < -0.3 is 15.5 Å². The molecule has 3 aromatic heterocycles. The van der Waals surface area contributed by atoms with Crippen molar-refractivity contribution in [2.45, 2.75) is 0 Å². The molecule has 0 bridgehead atoms. The van der Waals surface area contributed by atoms with Crippen LogP contribution in [0.15, 0.2) is 18.3 Å². The Morgan fingerprint density at radius 2 is 2.18 bits per heavy atom. The third-order valence-corrected chi connectivity index (χ3v) is 4.33. The summed E-state index contributed by atoms with van der Waals surface area (Å²) in [6, 6.07) is 3.52. The predicted molar refractivity (Wildman–Crippen MR) is 81.6 cm³/mol. The highest BCUT2D eigenvalue weighted by atomic mass is 35.5. The van der Waals surface area contributed by atoms with Crippen LogP contribution in [-0.2, 0) is 4.79 Å². The number of rotatable bonds is 3. The number of nitrogens with zero attached hydrogens (tertiary/aromatic N) is 2. The van der Waals surface area contributed by atoms with Crippen LogP contribution in [0.5, 0.6) is 5.75 Å². The number of nitrogens with one attached hydrogen (secondary N) is 1. The van der Waals surface area contributed by atoms with Crippen molar-refractivity contribution >= 4 is 55.1 Å². The molecule has 0 saturated carbocycles. The summed E-state index contributed by atoms with van der Waals surface area (Å²) in [6.07, 6.45) is 1.61. The lowest BCUT2D eigenvalue weighted by atomic mass is 10.2. The van der Waals surface area contributed by atoms with Crippen molar-refractivity contribution in [1.29, 1.82) is 0 Å². The summed E-state index contributed by atoms with van der Waals surface area (Å²) >= 11 is 7.30. The SMILES string of the molecule is O=C(O)CNC(=O)c1nc(Cl)c2c(sc3ncccc32)c1O. The molecule has 0 aliphatic rings. The molecule has 3 aromatic rings. The van der Waals surface area contributed by atoms with E-state index < -0.39 is 18.4 Å². The molecule has 0 atom stereocenters. The average Bonchev–Trinajstić information content (AvgIpc) is 2.88. The van der Waals surface area contributed by atoms with Crippen molar-refractivity contribution in [3.8, 4) is 5.75 Å². The Morgan fingerprint density at radius 3 is 2.91 bits per heavy atom. The Balaban J connectivity index is 2.18. The fraction of sp³-hybridized carbons (Fsp3) is 0.0769. The number of pyridine rings is 2. The number of aromatic hydroxyl groups is 1. The molecule has 9 heteroatoms. The zero-order chi connectivity index (χ0) is 15.9. The van der Waals surface area contributed by atoms with Crippen LogP contribution in [0.2, 0.25) is 5.15 Å². The third kappa shape index (κ3) is 2.32. The first kappa shape index (κ1) is 14.5. The minimum Gasteiger partial charge on any atom is -0.504 e. The number of aliphatic carboxylic acids is 1. The van der Waals surface area contributed by atoms with Gasteiger partial charge in [0.1, 0.15) is 16.5 Å². The molecule has 0 aliphatic carbocycles. The van der Waals surface area contributed by atoms with Crippen molar-refractivity contribution in [2.24, 2.45) is 0 Å². The number of carbonyl (C=O) groups is 2. The van der Waals surface area contributed by atoms with Crippen LogP contribution < -0.4 is 5.32 Å². The molecule has 112 valence electrons. The van der Waals surface area contributed by atoms with Gasteiger partial charge in [0, 0.05) is 17.0 Å². The summed E-state index contributed by atoms with van der Waals surface area (Å²) in [4.78, 5) is 31.1. The van der Waals surface area contributed by atoms with Crippen molar-refractivity contribution in [2.75, 3.05) is 6.54 Å². The normalized spacial score (nSPS) is 11.0. The fourth-order valence-electron chi connectivity index (χ4n) is 2.02. The lowest BCUT2D eigenvalue weighted by Gasteiger charge is -2.06. The maximum absolute atomic E-state index is 11.9. The van der Waals surface area contributed by atoms with E-state index in [1.54, 1.807) is 18.3 Å². The molecular weight excluding hydrogens is 330 g/mol. The number of hydrogen-bond acceptors (Lipinski definition) is 6. The van der Waals surface area contributed by atoms with E-state index in [1.165, 1.54) is 11.3 Å². The number of halogens is 1. The summed E-state index contributed by atoms with van der Waals surface area (Å²) in [5.74, 6) is -2.36. The van der Waals surface area contributed by atoms with E-state index in [2.05, 4.69) is 15.3 Å². The molecular formula is C13H8ClN3O4S. The molecule has 1 amide bonds. The first-order chi connectivity index (χ1) is 10.5. The standard InChI is InChI=1S/C13H8ClN3O4S/c14-11-7-5-2-1-3-15-13(5)22-10(7)9(20)8(17-11)12(21)16-4-6(18)19/h1-3,20H,4H2,(H,16,21)(H,18,19). The molecule has 0 saturated heterocycles. The fourth-order valence-corrected chi connectivity index (χ4v) is 3.44. The van der Waals surface area contributed by atoms with Crippen LogP contribution in [0.1, 0.15) is 10.5 Å². The molecule has 0 fully saturated rings. The number of carboxylic acids is 1. The van der Waals surface area contributed by atoms with Gasteiger partial charge in [0.2, 0.25) is 0 Å². The van der Waals surface area contributed by atoms with E-state index in [4.69, 9.17) is 16.7 Å². The second-order valence-electron chi connectivity index (χ2n) is 4.34. The van der Waals surface area contributed by atoms with Gasteiger partial charge >= 0.3 is 5.97 Å². The van der Waals surface area contributed by atoms with E-state index in [-0.39, 0.29) is 16.6 Å². The molecule has 0 aliphatic heterocycles. The number of fused-ring (bicyclic) bond motifs is 3. The Hall–Kier alpha value is -2.45. The molecule has 0 aromatic carbocycles. The van der Waals surface area contributed by atoms with Crippen LogP contribution >= 0.6 is 22.9 Å². The van der Waals surface area contributed by atoms with Crippen LogP contribution in [0, 0.1) is 0 Å². The van der Waals surface area contributed by atoms with E-state index >= 15 is 0 Å². The third-order valence-electron chi connectivity index (χ3n) is 2.94. The highest BCUT2D eigenvalue weighted by molar-refractivity contribution is 7.25. The van der Waals surface area contributed by atoms with Gasteiger partial charge in [-0.3, -0.25) is 9.59 Å². The lowest BCUT2D eigenvalue weighted by molar-refractivity contribution is -0.135. The Bertz CT molecular complexity index is 924. The second-order valence-corrected chi connectivity index (χ2v) is 5.70. The van der Waals surface area contributed by atoms with Crippen LogP contribution in [0.25, 0.3) is 20.3 Å². The molecule has 0 spiro atoms. The van der Waals surface area contributed by atoms with Crippen molar-refractivity contribution < 1.29 is 19.8 Å². The second kappa shape index (κ2) is 5.39. The molecule has 3 rings (SSSR count). The topological polar surface area (TPSA) is 112 Å². The van der Waals surface area contributed by atoms with Crippen molar-refractivity contribution in [3.63, 3.8) is 0 Å². The highest BCUT2D eigenvalue weighted by Gasteiger charge is 2.22. The quantitative estimate of drug-likeness (QED) is 0.630. The first-order valence-electron chi connectivity index (χ1n) is 6.04. The number of carbonyl (C=O) groups excluding carboxylic acids is 1. The zero-order valence-corrected chi connectivity index (χ0v) is 12.4. The number of thiophene rings is 1. The summed E-state index contributed by atoms with van der Waals surface area (Å²) in [5.41, 5.74) is -0.315. The lowest BCUT2D eigenvalue weighted by Crippen LogP contribution is -2.30. The maximum Gasteiger partial charge on any atom is 0.322 e. The molecule has 7 nitrogen and oxygen atoms in total. The maximum atomic E-state index is 11.9. The summed E-state index contributed by atoms with van der Waals surface area (Å²) in [5, 5.41) is 22.3. The number of amides is 1. The van der Waals surface area contributed by atoms with Gasteiger partial charge in [-0.15, -0.1) is 11.3 Å². The predicted octanol–water partition coefficient (Wildman–Crippen LogP) is 2.02. The van der Waals surface area contributed by atoms with Crippen molar-refractivity contribution in [1.82, 2.24) is 15.3 Å². The Labute approximate surface area is 132 Å². The van der Waals surface area contributed by atoms with Crippen LogP contribution in [0.4, 0.5) is 0 Å². The summed E-state index contributed by atoms with van der Waals surface area (Å²) in [7, 11) is 0. The Kier molecular flexibility index (Phi) is 3.55. The van der Waals surface area contributed by atoms with Gasteiger partial charge in [-0.05, 0) is 12.1 Å². The minimum atomic E-state index is -1.20. The summed E-state index contributed by atoms with van der Waals surface area (Å²) < 4.78 is 0.383. The van der Waals surface area contributed by atoms with E-state index in [9.17, 15) is 14.7 Å². The number of aromatic nitrogens is 2. The molecule has 3 N–H and O–H groups in total. The summed E-state index contributed by atoms with van der Waals surface area (Å²) in [6.45, 7) is -0.580. The highest BCUT2D eigenvalue weighted by Crippen LogP contribution is 2.42. The molecule has 0 radical (unpaired) electrons.